The lowest BCUT2D eigenvalue weighted by Gasteiger charge is -2.42. The second-order valence-electron chi connectivity index (χ2n) is 11.7. The summed E-state index contributed by atoms with van der Waals surface area (Å²) >= 11 is 0. The zero-order chi connectivity index (χ0) is 31.2. The van der Waals surface area contributed by atoms with Crippen LogP contribution < -0.4 is 5.32 Å². The van der Waals surface area contributed by atoms with Crippen molar-refractivity contribution in [3.63, 3.8) is 0 Å². The molecule has 4 aromatic rings. The van der Waals surface area contributed by atoms with Crippen molar-refractivity contribution in [1.29, 1.82) is 0 Å². The first-order valence-corrected chi connectivity index (χ1v) is 15.5. The summed E-state index contributed by atoms with van der Waals surface area (Å²) in [5.74, 6) is 0.330. The maximum atomic E-state index is 14.3. The Kier molecular flexibility index (Phi) is 9.61. The molecule has 0 spiro atoms. The van der Waals surface area contributed by atoms with E-state index in [4.69, 9.17) is 9.15 Å². The van der Waals surface area contributed by atoms with Gasteiger partial charge < -0.3 is 19.4 Å². The zero-order valence-corrected chi connectivity index (χ0v) is 25.3. The third-order valence-corrected chi connectivity index (χ3v) is 8.42. The van der Waals surface area contributed by atoms with Gasteiger partial charge in [-0.3, -0.25) is 14.5 Å². The molecule has 2 aromatic heterocycles. The van der Waals surface area contributed by atoms with Crippen LogP contribution in [0.2, 0.25) is 0 Å². The molecule has 12 heteroatoms. The second kappa shape index (κ2) is 14.1. The molecule has 236 valence electrons. The number of halogens is 1. The fourth-order valence-corrected chi connectivity index (χ4v) is 6.12. The van der Waals surface area contributed by atoms with Gasteiger partial charge in [0.05, 0.1) is 6.10 Å². The summed E-state index contributed by atoms with van der Waals surface area (Å²) in [7, 11) is 0. The van der Waals surface area contributed by atoms with E-state index in [0.717, 1.165) is 32.5 Å². The Balaban J connectivity index is 1.26. The van der Waals surface area contributed by atoms with Gasteiger partial charge in [-0.05, 0) is 73.2 Å². The number of ether oxygens (including phenoxy) is 1. The number of tetrazole rings is 1. The molecular formula is C33H38FN7O4. The number of hydrogen-bond acceptors (Lipinski definition) is 8. The third-order valence-electron chi connectivity index (χ3n) is 8.42. The molecule has 45 heavy (non-hydrogen) atoms. The van der Waals surface area contributed by atoms with Gasteiger partial charge in [-0.2, -0.15) is 4.80 Å². The van der Waals surface area contributed by atoms with Crippen molar-refractivity contribution in [2.24, 2.45) is 0 Å². The number of hydrogen-bond donors (Lipinski definition) is 1. The maximum Gasteiger partial charge on any atom is 0.247 e. The molecule has 1 N–H and O–H groups in total. The monoisotopic (exact) mass is 615 g/mol. The van der Waals surface area contributed by atoms with Crippen LogP contribution in [0.3, 0.4) is 0 Å². The SMILES string of the molecule is Cc1ccc(-c2nnn(CC(=O)N(C3CCN(Cc4ccccc4)CC3)C(C(=O)NCC3CCCO3)c3ccc(F)cc3)n2)o1. The lowest BCUT2D eigenvalue weighted by molar-refractivity contribution is -0.146. The van der Waals surface area contributed by atoms with Crippen LogP contribution in [-0.4, -0.2) is 80.2 Å². The van der Waals surface area contributed by atoms with Crippen molar-refractivity contribution in [2.75, 3.05) is 26.2 Å². The number of benzene rings is 2. The smallest absolute Gasteiger partial charge is 0.247 e. The average molecular weight is 616 g/mol. The first-order valence-electron chi connectivity index (χ1n) is 15.5. The van der Waals surface area contributed by atoms with Crippen molar-refractivity contribution in [3.05, 3.63) is 89.4 Å². The topological polar surface area (TPSA) is 119 Å². The predicted molar refractivity (Wildman–Crippen MR) is 163 cm³/mol. The van der Waals surface area contributed by atoms with Crippen LogP contribution in [-0.2, 0) is 27.4 Å². The zero-order valence-electron chi connectivity index (χ0n) is 25.3. The van der Waals surface area contributed by atoms with E-state index < -0.39 is 11.9 Å². The number of amides is 2. The van der Waals surface area contributed by atoms with Gasteiger partial charge in [0.25, 0.3) is 0 Å². The summed E-state index contributed by atoms with van der Waals surface area (Å²) in [5, 5.41) is 15.6. The van der Waals surface area contributed by atoms with Gasteiger partial charge in [0.2, 0.25) is 17.6 Å². The van der Waals surface area contributed by atoms with Crippen LogP contribution in [0.1, 0.15) is 48.6 Å². The van der Waals surface area contributed by atoms with Crippen molar-refractivity contribution in [3.8, 4) is 11.6 Å². The minimum atomic E-state index is -0.985. The number of carbonyl (C=O) groups is 2. The highest BCUT2D eigenvalue weighted by Gasteiger charge is 2.38. The van der Waals surface area contributed by atoms with Crippen LogP contribution in [0.4, 0.5) is 4.39 Å². The molecule has 0 saturated carbocycles. The van der Waals surface area contributed by atoms with E-state index in [-0.39, 0.29) is 36.3 Å². The van der Waals surface area contributed by atoms with E-state index in [1.54, 1.807) is 29.2 Å². The number of nitrogens with zero attached hydrogens (tertiary/aromatic N) is 6. The quantitative estimate of drug-likeness (QED) is 0.270. The largest absolute Gasteiger partial charge is 0.458 e. The number of aromatic nitrogens is 4. The Labute approximate surface area is 261 Å². The molecule has 2 aromatic carbocycles. The average Bonchev–Trinajstić information content (AvgIpc) is 3.83. The summed E-state index contributed by atoms with van der Waals surface area (Å²) in [6, 6.07) is 18.4. The normalized spacial score (nSPS) is 18.1. The van der Waals surface area contributed by atoms with Crippen LogP contribution in [0.15, 0.2) is 71.1 Å². The highest BCUT2D eigenvalue weighted by Crippen LogP contribution is 2.30. The molecule has 2 saturated heterocycles. The minimum absolute atomic E-state index is 0.0730. The van der Waals surface area contributed by atoms with Gasteiger partial charge in [0.15, 0.2) is 5.76 Å². The number of carbonyl (C=O) groups excluding carboxylic acids is 2. The van der Waals surface area contributed by atoms with Gasteiger partial charge in [0.1, 0.15) is 24.2 Å². The first kappa shape index (κ1) is 30.6. The molecule has 0 radical (unpaired) electrons. The van der Waals surface area contributed by atoms with Crippen molar-refractivity contribution >= 4 is 11.8 Å². The van der Waals surface area contributed by atoms with E-state index in [1.807, 2.05) is 25.1 Å². The highest BCUT2D eigenvalue weighted by molar-refractivity contribution is 5.89. The van der Waals surface area contributed by atoms with E-state index in [1.165, 1.54) is 22.5 Å². The Bertz CT molecular complexity index is 1560. The van der Waals surface area contributed by atoms with Gasteiger partial charge in [-0.1, -0.05) is 42.5 Å². The number of aryl methyl sites for hydroxylation is 1. The van der Waals surface area contributed by atoms with Gasteiger partial charge in [0, 0.05) is 38.8 Å². The Morgan fingerprint density at radius 3 is 2.51 bits per heavy atom. The molecule has 2 fully saturated rings. The number of piperidine rings is 1. The molecular weight excluding hydrogens is 577 g/mol. The molecule has 4 heterocycles. The fourth-order valence-electron chi connectivity index (χ4n) is 6.12. The van der Waals surface area contributed by atoms with E-state index >= 15 is 0 Å². The third kappa shape index (κ3) is 7.63. The summed E-state index contributed by atoms with van der Waals surface area (Å²) < 4.78 is 25.4. The Morgan fingerprint density at radius 2 is 1.82 bits per heavy atom. The van der Waals surface area contributed by atoms with Crippen molar-refractivity contribution < 1.29 is 23.1 Å². The fraction of sp³-hybridized carbons (Fsp3) is 0.424. The molecule has 0 aliphatic carbocycles. The van der Waals surface area contributed by atoms with E-state index in [9.17, 15) is 14.0 Å². The van der Waals surface area contributed by atoms with Crippen molar-refractivity contribution in [1.82, 2.24) is 35.3 Å². The molecule has 2 amide bonds. The van der Waals surface area contributed by atoms with E-state index in [2.05, 4.69) is 37.8 Å². The standard InChI is InChI=1S/C33H38FN7O4/c1-23-9-14-29(45-23)32-36-38-40(37-32)22-30(42)41(27-15-17-39(18-16-27)21-24-6-3-2-4-7-24)31(25-10-12-26(34)13-11-25)33(43)35-20-28-8-5-19-44-28/h2-4,6-7,9-14,27-28,31H,5,8,15-22H2,1H3,(H,35,43). The number of furan rings is 1. The molecule has 2 atom stereocenters. The molecule has 0 bridgehead atoms. The molecule has 2 unspecified atom stereocenters. The first-order chi connectivity index (χ1) is 21.9. The lowest BCUT2D eigenvalue weighted by atomic mass is 9.96. The van der Waals surface area contributed by atoms with E-state index in [0.29, 0.717) is 43.1 Å². The Hall–Kier alpha value is -4.42. The summed E-state index contributed by atoms with van der Waals surface area (Å²) in [5.41, 5.74) is 1.75. The van der Waals surface area contributed by atoms with Crippen LogP contribution in [0, 0.1) is 12.7 Å². The summed E-state index contributed by atoms with van der Waals surface area (Å²) in [6.45, 7) is 4.90. The summed E-state index contributed by atoms with van der Waals surface area (Å²) in [4.78, 5) is 33.5. The Morgan fingerprint density at radius 1 is 1.04 bits per heavy atom. The second-order valence-corrected chi connectivity index (χ2v) is 11.7. The van der Waals surface area contributed by atoms with Crippen LogP contribution in [0.5, 0.6) is 0 Å². The predicted octanol–water partition coefficient (Wildman–Crippen LogP) is 3.91. The molecule has 2 aliphatic heterocycles. The summed E-state index contributed by atoms with van der Waals surface area (Å²) in [6.07, 6.45) is 3.06. The maximum absolute atomic E-state index is 14.3. The number of likely N-dealkylation sites (tertiary alicyclic amines) is 1. The van der Waals surface area contributed by atoms with Crippen LogP contribution >= 0.6 is 0 Å². The van der Waals surface area contributed by atoms with Gasteiger partial charge >= 0.3 is 0 Å². The molecule has 2 aliphatic rings. The van der Waals surface area contributed by atoms with Crippen LogP contribution in [0.25, 0.3) is 11.6 Å². The lowest BCUT2D eigenvalue weighted by Crippen LogP contribution is -2.53. The van der Waals surface area contributed by atoms with Gasteiger partial charge in [-0.15, -0.1) is 10.2 Å². The van der Waals surface area contributed by atoms with Gasteiger partial charge in [-0.25, -0.2) is 4.39 Å². The number of nitrogens with one attached hydrogen (secondary N) is 1. The molecule has 6 rings (SSSR count). The highest BCUT2D eigenvalue weighted by atomic mass is 19.1. The molecule has 11 nitrogen and oxygen atoms in total. The number of rotatable bonds is 11. The minimum Gasteiger partial charge on any atom is -0.458 e. The van der Waals surface area contributed by atoms with Crippen molar-refractivity contribution in [2.45, 2.75) is 63.9 Å².